The molecular formula is C19H16N4O4. The van der Waals surface area contributed by atoms with E-state index in [1.165, 1.54) is 6.20 Å². The number of Topliss-reactive ketones (excluding diaryl/α,β-unsaturated/α-hetero) is 1. The second-order valence-corrected chi connectivity index (χ2v) is 7.13. The van der Waals surface area contributed by atoms with Crippen molar-refractivity contribution in [2.24, 2.45) is 5.41 Å². The number of carbonyl (C=O) groups excluding carboxylic acids is 4. The van der Waals surface area contributed by atoms with Crippen molar-refractivity contribution in [1.29, 1.82) is 0 Å². The molecule has 136 valence electrons. The first kappa shape index (κ1) is 16.9. The lowest BCUT2D eigenvalue weighted by Gasteiger charge is -2.34. The zero-order valence-electron chi connectivity index (χ0n) is 14.7. The second-order valence-electron chi connectivity index (χ2n) is 7.13. The Hall–Kier alpha value is -3.55. The maximum absolute atomic E-state index is 13.2. The standard InChI is InChI=1S/C19H16N4O4/c1-19(2)8-12-11(9-20-23(12)10-6-4-3-5-7-10)15(24)14(19)13-16(25)21-18(27)22-17(13)26/h3-7,9H,8H2,1-2H3,(H2,21,22,25,26,27). The summed E-state index contributed by atoms with van der Waals surface area (Å²) in [5.74, 6) is -2.16. The van der Waals surface area contributed by atoms with E-state index in [1.807, 2.05) is 41.0 Å². The molecule has 8 heteroatoms. The van der Waals surface area contributed by atoms with Crippen LogP contribution in [0.4, 0.5) is 4.79 Å². The van der Waals surface area contributed by atoms with Crippen molar-refractivity contribution in [2.45, 2.75) is 20.3 Å². The molecule has 8 nitrogen and oxygen atoms in total. The van der Waals surface area contributed by atoms with E-state index in [2.05, 4.69) is 5.10 Å². The van der Waals surface area contributed by atoms with Crippen LogP contribution in [0.15, 0.2) is 47.7 Å². The number of hydrogen-bond donors (Lipinski definition) is 2. The largest absolute Gasteiger partial charge is 0.328 e. The van der Waals surface area contributed by atoms with Gasteiger partial charge in [-0.05, 0) is 18.6 Å². The third-order valence-corrected chi connectivity index (χ3v) is 4.79. The molecule has 1 aliphatic carbocycles. The van der Waals surface area contributed by atoms with Crippen molar-refractivity contribution in [3.63, 3.8) is 0 Å². The van der Waals surface area contributed by atoms with Gasteiger partial charge in [-0.25, -0.2) is 9.48 Å². The molecule has 2 aromatic rings. The Morgan fingerprint density at radius 2 is 1.63 bits per heavy atom. The summed E-state index contributed by atoms with van der Waals surface area (Å²) in [4.78, 5) is 49.0. The lowest BCUT2D eigenvalue weighted by Crippen LogP contribution is -2.53. The maximum atomic E-state index is 13.2. The van der Waals surface area contributed by atoms with Crippen molar-refractivity contribution in [2.75, 3.05) is 0 Å². The van der Waals surface area contributed by atoms with Gasteiger partial charge in [0.15, 0.2) is 5.78 Å². The molecule has 0 radical (unpaired) electrons. The molecule has 0 saturated carbocycles. The fourth-order valence-corrected chi connectivity index (χ4v) is 3.62. The molecule has 1 aromatic carbocycles. The predicted molar refractivity (Wildman–Crippen MR) is 94.1 cm³/mol. The molecule has 0 unspecified atom stereocenters. The third-order valence-electron chi connectivity index (χ3n) is 4.79. The summed E-state index contributed by atoms with van der Waals surface area (Å²) in [5, 5.41) is 8.39. The number of barbiturate groups is 1. The van der Waals surface area contributed by atoms with Gasteiger partial charge in [-0.15, -0.1) is 0 Å². The van der Waals surface area contributed by atoms with Gasteiger partial charge < -0.3 is 0 Å². The van der Waals surface area contributed by atoms with Crippen LogP contribution in [-0.2, 0) is 16.0 Å². The summed E-state index contributed by atoms with van der Waals surface area (Å²) in [5.41, 5.74) is 0.845. The van der Waals surface area contributed by atoms with Crippen LogP contribution in [0.1, 0.15) is 29.9 Å². The van der Waals surface area contributed by atoms with Gasteiger partial charge in [-0.3, -0.25) is 25.0 Å². The minimum absolute atomic E-state index is 0.0881. The Morgan fingerprint density at radius 1 is 1.00 bits per heavy atom. The topological polar surface area (TPSA) is 110 Å². The highest BCUT2D eigenvalue weighted by Crippen LogP contribution is 2.41. The molecular weight excluding hydrogens is 348 g/mol. The Labute approximate surface area is 154 Å². The van der Waals surface area contributed by atoms with E-state index in [-0.39, 0.29) is 11.1 Å². The first-order chi connectivity index (χ1) is 12.8. The number of fused-ring (bicyclic) bond motifs is 1. The average Bonchev–Trinajstić information content (AvgIpc) is 3.00. The molecule has 27 heavy (non-hydrogen) atoms. The number of para-hydroxylation sites is 1. The molecule has 2 heterocycles. The van der Waals surface area contributed by atoms with Gasteiger partial charge in [0.25, 0.3) is 11.8 Å². The third kappa shape index (κ3) is 2.57. The Bertz CT molecular complexity index is 1020. The van der Waals surface area contributed by atoms with Gasteiger partial charge in [0.2, 0.25) is 0 Å². The lowest BCUT2D eigenvalue weighted by atomic mass is 9.69. The molecule has 0 atom stereocenters. The van der Waals surface area contributed by atoms with Crippen LogP contribution in [-0.4, -0.2) is 33.4 Å². The molecule has 2 aliphatic rings. The molecule has 1 saturated heterocycles. The van der Waals surface area contributed by atoms with Crippen LogP contribution in [0.25, 0.3) is 5.69 Å². The summed E-state index contributed by atoms with van der Waals surface area (Å²) < 4.78 is 1.70. The molecule has 0 spiro atoms. The molecule has 0 bridgehead atoms. The van der Waals surface area contributed by atoms with Crippen LogP contribution >= 0.6 is 0 Å². The van der Waals surface area contributed by atoms with E-state index in [0.717, 1.165) is 5.69 Å². The van der Waals surface area contributed by atoms with Crippen LogP contribution < -0.4 is 10.6 Å². The van der Waals surface area contributed by atoms with Gasteiger partial charge in [-0.1, -0.05) is 32.0 Å². The first-order valence-corrected chi connectivity index (χ1v) is 8.38. The summed E-state index contributed by atoms with van der Waals surface area (Å²) in [6.07, 6.45) is 1.85. The summed E-state index contributed by atoms with van der Waals surface area (Å²) in [6, 6.07) is 8.51. The number of nitrogens with one attached hydrogen (secondary N) is 2. The number of ketones is 1. The number of rotatable bonds is 1. The van der Waals surface area contributed by atoms with Crippen LogP contribution in [0, 0.1) is 5.41 Å². The van der Waals surface area contributed by atoms with Gasteiger partial charge in [0.1, 0.15) is 5.57 Å². The quantitative estimate of drug-likeness (QED) is 0.585. The highest BCUT2D eigenvalue weighted by Gasteiger charge is 2.45. The Morgan fingerprint density at radius 3 is 2.26 bits per heavy atom. The number of carbonyl (C=O) groups is 4. The summed E-state index contributed by atoms with van der Waals surface area (Å²) in [7, 11) is 0. The summed E-state index contributed by atoms with van der Waals surface area (Å²) >= 11 is 0. The van der Waals surface area contributed by atoms with Gasteiger partial charge in [0.05, 0.1) is 23.1 Å². The molecule has 2 N–H and O–H groups in total. The van der Waals surface area contributed by atoms with Crippen molar-refractivity contribution < 1.29 is 19.2 Å². The highest BCUT2D eigenvalue weighted by atomic mass is 16.2. The van der Waals surface area contributed by atoms with Gasteiger partial charge >= 0.3 is 6.03 Å². The van der Waals surface area contributed by atoms with Crippen LogP contribution in [0.2, 0.25) is 0 Å². The number of amides is 4. The first-order valence-electron chi connectivity index (χ1n) is 8.38. The number of urea groups is 1. The number of benzene rings is 1. The number of imide groups is 2. The van der Waals surface area contributed by atoms with Crippen LogP contribution in [0.3, 0.4) is 0 Å². The zero-order valence-corrected chi connectivity index (χ0v) is 14.7. The highest BCUT2D eigenvalue weighted by molar-refractivity contribution is 6.33. The molecule has 4 rings (SSSR count). The molecule has 4 amide bonds. The normalized spacial score (nSPS) is 18.9. The number of aromatic nitrogens is 2. The fraction of sp³-hybridized carbons (Fsp3) is 0.211. The average molecular weight is 364 g/mol. The van der Waals surface area contributed by atoms with E-state index in [4.69, 9.17) is 0 Å². The van der Waals surface area contributed by atoms with E-state index >= 15 is 0 Å². The van der Waals surface area contributed by atoms with E-state index in [0.29, 0.717) is 17.7 Å². The minimum Gasteiger partial charge on any atom is -0.289 e. The number of nitrogens with zero attached hydrogens (tertiary/aromatic N) is 2. The van der Waals surface area contributed by atoms with Gasteiger partial charge in [0, 0.05) is 11.0 Å². The molecule has 1 aliphatic heterocycles. The lowest BCUT2D eigenvalue weighted by molar-refractivity contribution is -0.124. The number of allylic oxidation sites excluding steroid dienone is 1. The Kier molecular flexibility index (Phi) is 3.59. The zero-order chi connectivity index (χ0) is 19.3. The maximum Gasteiger partial charge on any atom is 0.328 e. The molecule has 1 aromatic heterocycles. The van der Waals surface area contributed by atoms with Gasteiger partial charge in [-0.2, -0.15) is 5.10 Å². The van der Waals surface area contributed by atoms with Crippen molar-refractivity contribution in [3.05, 3.63) is 58.9 Å². The van der Waals surface area contributed by atoms with Crippen molar-refractivity contribution in [1.82, 2.24) is 20.4 Å². The van der Waals surface area contributed by atoms with E-state index < -0.39 is 29.0 Å². The summed E-state index contributed by atoms with van der Waals surface area (Å²) in [6.45, 7) is 3.57. The molecule has 1 fully saturated rings. The second kappa shape index (κ2) is 5.73. The van der Waals surface area contributed by atoms with E-state index in [9.17, 15) is 19.2 Å². The Balaban J connectivity index is 1.89. The van der Waals surface area contributed by atoms with Crippen molar-refractivity contribution in [3.8, 4) is 5.69 Å². The monoisotopic (exact) mass is 364 g/mol. The van der Waals surface area contributed by atoms with E-state index in [1.54, 1.807) is 18.5 Å². The minimum atomic E-state index is -0.895. The van der Waals surface area contributed by atoms with Crippen LogP contribution in [0.5, 0.6) is 0 Å². The number of hydrogen-bond acceptors (Lipinski definition) is 5. The predicted octanol–water partition coefficient (Wildman–Crippen LogP) is 1.30. The smallest absolute Gasteiger partial charge is 0.289 e. The SMILES string of the molecule is CC1(C)Cc2c(cnn2-c2ccccc2)C(=O)C1=C1C(=O)NC(=O)NC1=O. The van der Waals surface area contributed by atoms with Crippen molar-refractivity contribution >= 4 is 23.6 Å². The fourth-order valence-electron chi connectivity index (χ4n) is 3.62.